The Morgan fingerprint density at radius 2 is 1.73 bits per heavy atom. The van der Waals surface area contributed by atoms with Gasteiger partial charge >= 0.3 is 12.1 Å². The van der Waals surface area contributed by atoms with Crippen LogP contribution in [0.2, 0.25) is 0 Å². The summed E-state index contributed by atoms with van der Waals surface area (Å²) in [7, 11) is 0. The van der Waals surface area contributed by atoms with Gasteiger partial charge in [0.1, 0.15) is 25.1 Å². The third-order valence-corrected chi connectivity index (χ3v) is 8.04. The fourth-order valence-corrected chi connectivity index (χ4v) is 5.65. The number of carboxylic acids is 1. The first-order valence-electron chi connectivity index (χ1n) is 15.4. The molecule has 2 aromatic rings. The van der Waals surface area contributed by atoms with Crippen LogP contribution in [0.5, 0.6) is 0 Å². The van der Waals surface area contributed by atoms with Crippen molar-refractivity contribution in [1.82, 2.24) is 20.5 Å². The lowest BCUT2D eigenvalue weighted by atomic mass is 9.96. The highest BCUT2D eigenvalue weighted by Crippen LogP contribution is 2.25. The van der Waals surface area contributed by atoms with Crippen LogP contribution in [0.15, 0.2) is 54.7 Å². The molecule has 4 rings (SSSR count). The molecule has 1 saturated heterocycles. The summed E-state index contributed by atoms with van der Waals surface area (Å²) in [5, 5.41) is 17.9. The topological polar surface area (TPSA) is 159 Å². The van der Waals surface area contributed by atoms with Crippen LogP contribution in [0.4, 0.5) is 10.6 Å². The van der Waals surface area contributed by atoms with Gasteiger partial charge in [0.25, 0.3) is 0 Å². The van der Waals surface area contributed by atoms with Crippen molar-refractivity contribution < 1.29 is 33.8 Å². The van der Waals surface area contributed by atoms with Crippen LogP contribution in [0.25, 0.3) is 0 Å². The number of carbonyl (C=O) groups is 4. The zero-order chi connectivity index (χ0) is 31.1. The Morgan fingerprint density at radius 1 is 0.977 bits per heavy atom. The molecule has 1 saturated carbocycles. The van der Waals surface area contributed by atoms with Gasteiger partial charge in [-0.2, -0.15) is 0 Å². The minimum atomic E-state index is -1.24. The lowest BCUT2D eigenvalue weighted by Gasteiger charge is -2.24. The molecular formula is C32H43N5O7. The molecule has 12 heteroatoms. The minimum absolute atomic E-state index is 0.131. The Bertz CT molecular complexity index is 1210. The number of pyridine rings is 1. The minimum Gasteiger partial charge on any atom is -0.480 e. The number of anilines is 1. The standard InChI is InChI=1S/C32H43N5O7/c38-29(16-23-10-4-1-2-5-11-23)36-27(31(40)41)19-35-30(39)22-43-26-17-25(18-34-28-14-8-9-15-33-28)37(20-26)32(42)44-21-24-12-6-3-7-13-24/h3,6-9,12-15,23,25-27H,1-2,4-5,10-11,16-22H2,(H,33,34)(H,35,39)(H,36,38)(H,40,41)/t25-,26+,27-/m0/s1. The van der Waals surface area contributed by atoms with Gasteiger partial charge in [-0.05, 0) is 42.9 Å². The number of aromatic nitrogens is 1. The monoisotopic (exact) mass is 609 g/mol. The van der Waals surface area contributed by atoms with Crippen molar-refractivity contribution in [3.63, 3.8) is 0 Å². The molecule has 12 nitrogen and oxygen atoms in total. The lowest BCUT2D eigenvalue weighted by Crippen LogP contribution is -2.49. The number of hydrogen-bond acceptors (Lipinski definition) is 8. The summed E-state index contributed by atoms with van der Waals surface area (Å²) in [5.74, 6) is -1.11. The summed E-state index contributed by atoms with van der Waals surface area (Å²) in [4.78, 5) is 55.7. The highest BCUT2D eigenvalue weighted by Gasteiger charge is 2.37. The van der Waals surface area contributed by atoms with Gasteiger partial charge < -0.3 is 35.4 Å². The molecule has 1 aliphatic heterocycles. The predicted molar refractivity (Wildman–Crippen MR) is 163 cm³/mol. The fourth-order valence-electron chi connectivity index (χ4n) is 5.65. The molecule has 3 atom stereocenters. The average molecular weight is 610 g/mol. The van der Waals surface area contributed by atoms with E-state index in [2.05, 4.69) is 20.9 Å². The molecule has 1 aliphatic carbocycles. The number of rotatable bonds is 14. The van der Waals surface area contributed by atoms with E-state index in [0.717, 1.165) is 31.2 Å². The molecule has 0 unspecified atom stereocenters. The van der Waals surface area contributed by atoms with Gasteiger partial charge in [-0.1, -0.05) is 62.1 Å². The summed E-state index contributed by atoms with van der Waals surface area (Å²) in [5.41, 5.74) is 0.868. The number of carboxylic acid groups (broad SMARTS) is 1. The smallest absolute Gasteiger partial charge is 0.410 e. The maximum Gasteiger partial charge on any atom is 0.410 e. The van der Waals surface area contributed by atoms with E-state index < -0.39 is 30.1 Å². The van der Waals surface area contributed by atoms with E-state index in [0.29, 0.717) is 25.2 Å². The number of amides is 3. The number of ether oxygens (including phenoxy) is 2. The molecule has 0 bridgehead atoms. The molecule has 2 aliphatic rings. The quantitative estimate of drug-likeness (QED) is 0.236. The van der Waals surface area contributed by atoms with Gasteiger partial charge in [-0.15, -0.1) is 0 Å². The van der Waals surface area contributed by atoms with Crippen molar-refractivity contribution in [3.8, 4) is 0 Å². The first-order chi connectivity index (χ1) is 21.4. The Kier molecular flexibility index (Phi) is 12.8. The zero-order valence-electron chi connectivity index (χ0n) is 25.0. The van der Waals surface area contributed by atoms with Crippen LogP contribution in [-0.2, 0) is 30.5 Å². The zero-order valence-corrected chi connectivity index (χ0v) is 25.0. The molecule has 2 fully saturated rings. The van der Waals surface area contributed by atoms with Crippen molar-refractivity contribution >= 4 is 29.7 Å². The maximum atomic E-state index is 13.0. The van der Waals surface area contributed by atoms with E-state index in [9.17, 15) is 24.3 Å². The van der Waals surface area contributed by atoms with Gasteiger partial charge in [0, 0.05) is 25.7 Å². The molecule has 1 aromatic heterocycles. The maximum absolute atomic E-state index is 13.0. The first-order valence-corrected chi connectivity index (χ1v) is 15.4. The van der Waals surface area contributed by atoms with Crippen LogP contribution in [0.3, 0.4) is 0 Å². The normalized spacial score (nSPS) is 19.4. The average Bonchev–Trinajstić information content (AvgIpc) is 3.27. The molecule has 1 aromatic carbocycles. The van der Waals surface area contributed by atoms with Gasteiger partial charge in [0.15, 0.2) is 0 Å². The Balaban J connectivity index is 1.24. The molecule has 0 radical (unpaired) electrons. The van der Waals surface area contributed by atoms with Crippen molar-refractivity contribution in [2.75, 3.05) is 31.6 Å². The summed E-state index contributed by atoms with van der Waals surface area (Å²) < 4.78 is 11.4. The largest absolute Gasteiger partial charge is 0.480 e. The highest BCUT2D eigenvalue weighted by atomic mass is 16.6. The number of nitrogens with zero attached hydrogens (tertiary/aromatic N) is 2. The van der Waals surface area contributed by atoms with E-state index in [1.54, 1.807) is 11.1 Å². The van der Waals surface area contributed by atoms with Crippen molar-refractivity contribution in [2.45, 2.75) is 76.2 Å². The van der Waals surface area contributed by atoms with Crippen molar-refractivity contribution in [2.24, 2.45) is 5.92 Å². The number of hydrogen-bond donors (Lipinski definition) is 4. The summed E-state index contributed by atoms with van der Waals surface area (Å²) in [6.07, 6.45) is 7.98. The molecule has 2 heterocycles. The van der Waals surface area contributed by atoms with E-state index in [1.165, 1.54) is 12.8 Å². The van der Waals surface area contributed by atoms with Crippen LogP contribution in [-0.4, -0.2) is 83.3 Å². The Morgan fingerprint density at radius 3 is 2.43 bits per heavy atom. The fraction of sp³-hybridized carbons (Fsp3) is 0.531. The molecular weight excluding hydrogens is 566 g/mol. The molecule has 44 heavy (non-hydrogen) atoms. The second-order valence-corrected chi connectivity index (χ2v) is 11.4. The molecule has 3 amide bonds. The van der Waals surface area contributed by atoms with Gasteiger partial charge in [0.2, 0.25) is 11.8 Å². The lowest BCUT2D eigenvalue weighted by molar-refractivity contribution is -0.142. The Labute approximate surface area is 257 Å². The van der Waals surface area contributed by atoms with Crippen LogP contribution in [0.1, 0.15) is 56.9 Å². The van der Waals surface area contributed by atoms with E-state index >= 15 is 0 Å². The van der Waals surface area contributed by atoms with Gasteiger partial charge in [0.05, 0.1) is 18.7 Å². The second-order valence-electron chi connectivity index (χ2n) is 11.4. The van der Waals surface area contributed by atoms with E-state index in [-0.39, 0.29) is 44.2 Å². The number of likely N-dealkylation sites (tertiary alicyclic amines) is 1. The summed E-state index contributed by atoms with van der Waals surface area (Å²) >= 11 is 0. The number of aliphatic carboxylic acids is 1. The van der Waals surface area contributed by atoms with Crippen LogP contribution >= 0.6 is 0 Å². The van der Waals surface area contributed by atoms with Crippen LogP contribution in [0, 0.1) is 5.92 Å². The van der Waals surface area contributed by atoms with Crippen molar-refractivity contribution in [1.29, 1.82) is 0 Å². The predicted octanol–water partition coefficient (Wildman–Crippen LogP) is 3.34. The van der Waals surface area contributed by atoms with Crippen molar-refractivity contribution in [3.05, 3.63) is 60.3 Å². The first kappa shape index (κ1) is 32.7. The third-order valence-electron chi connectivity index (χ3n) is 8.04. The van der Waals surface area contributed by atoms with Crippen LogP contribution < -0.4 is 16.0 Å². The number of carbonyl (C=O) groups excluding carboxylic acids is 3. The second kappa shape index (κ2) is 17.2. The van der Waals surface area contributed by atoms with E-state index in [1.807, 2.05) is 48.5 Å². The SMILES string of the molecule is O=C(CO[C@@H]1C[C@@H](CNc2ccccn2)N(C(=O)OCc2ccccc2)C1)NC[C@H](NC(=O)CC1CCCCCC1)C(=O)O. The number of nitrogens with one attached hydrogen (secondary N) is 3. The third kappa shape index (κ3) is 10.8. The van der Waals surface area contributed by atoms with Gasteiger partial charge in [-0.3, -0.25) is 9.59 Å². The van der Waals surface area contributed by atoms with E-state index in [4.69, 9.17) is 9.47 Å². The number of benzene rings is 1. The molecule has 238 valence electrons. The van der Waals surface area contributed by atoms with Gasteiger partial charge in [-0.25, -0.2) is 14.6 Å². The summed E-state index contributed by atoms with van der Waals surface area (Å²) in [6, 6.07) is 13.4. The Hall–Kier alpha value is -4.19. The highest BCUT2D eigenvalue weighted by molar-refractivity contribution is 5.85. The molecule has 4 N–H and O–H groups in total. The summed E-state index contributed by atoms with van der Waals surface area (Å²) in [6.45, 7) is 0.189. The molecule has 0 spiro atoms.